The summed E-state index contributed by atoms with van der Waals surface area (Å²) < 4.78 is 4.83. The molecule has 1 aliphatic rings. The summed E-state index contributed by atoms with van der Waals surface area (Å²) in [6.45, 7) is 5.22. The smallest absolute Gasteiger partial charge is 0.323 e. The lowest BCUT2D eigenvalue weighted by Gasteiger charge is -2.37. The Labute approximate surface area is 102 Å². The molecule has 17 heavy (non-hydrogen) atoms. The van der Waals surface area contributed by atoms with Crippen molar-refractivity contribution in [3.05, 3.63) is 0 Å². The summed E-state index contributed by atoms with van der Waals surface area (Å²) in [5.74, 6) is -0.248. The summed E-state index contributed by atoms with van der Waals surface area (Å²) in [7, 11) is 1.40. The number of amides is 1. The number of nitrogens with zero attached hydrogens (tertiary/aromatic N) is 1. The topological polar surface area (TPSA) is 58.6 Å². The maximum Gasteiger partial charge on any atom is 0.323 e. The van der Waals surface area contributed by atoms with Crippen LogP contribution in [0.15, 0.2) is 0 Å². The number of ether oxygens (including phenoxy) is 1. The first kappa shape index (κ1) is 14.0. The van der Waals surface area contributed by atoms with Crippen LogP contribution in [0.25, 0.3) is 0 Å². The molecule has 0 aromatic heterocycles. The van der Waals surface area contributed by atoms with E-state index in [2.05, 4.69) is 12.2 Å². The van der Waals surface area contributed by atoms with Crippen LogP contribution in [0.1, 0.15) is 33.1 Å². The van der Waals surface area contributed by atoms with Crippen molar-refractivity contribution in [1.82, 2.24) is 10.2 Å². The molecule has 1 aliphatic heterocycles. The summed E-state index contributed by atoms with van der Waals surface area (Å²) in [4.78, 5) is 25.3. The minimum absolute atomic E-state index is 0.0124. The van der Waals surface area contributed by atoms with Gasteiger partial charge in [0.15, 0.2) is 0 Å². The van der Waals surface area contributed by atoms with Crippen molar-refractivity contribution in [2.75, 3.05) is 20.2 Å². The summed E-state index contributed by atoms with van der Waals surface area (Å²) in [5.41, 5.74) is 0. The first-order valence-corrected chi connectivity index (χ1v) is 6.23. The normalized spacial score (nSPS) is 23.0. The van der Waals surface area contributed by atoms with Crippen LogP contribution in [0.4, 0.5) is 0 Å². The number of piperazine rings is 1. The zero-order valence-corrected chi connectivity index (χ0v) is 10.9. The summed E-state index contributed by atoms with van der Waals surface area (Å²) in [5, 5.41) is 2.80. The van der Waals surface area contributed by atoms with Crippen LogP contribution < -0.4 is 5.32 Å². The Morgan fingerprint density at radius 3 is 2.94 bits per heavy atom. The number of carbonyl (C=O) groups excluding carboxylic acids is 2. The molecule has 1 amide bonds. The standard InChI is InChI=1S/C12H22N2O3/c1-4-5-6-10(12(16)17-3)14-8-7-13-11(15)9(14)2/h9-10H,4-8H2,1-3H3,(H,13,15). The maximum absolute atomic E-state index is 11.8. The molecule has 0 aromatic carbocycles. The van der Waals surface area contributed by atoms with Gasteiger partial charge in [-0.15, -0.1) is 0 Å². The van der Waals surface area contributed by atoms with Crippen molar-refractivity contribution in [3.8, 4) is 0 Å². The Morgan fingerprint density at radius 2 is 2.35 bits per heavy atom. The highest BCUT2D eigenvalue weighted by Crippen LogP contribution is 2.16. The van der Waals surface area contributed by atoms with Crippen LogP contribution in [0, 0.1) is 0 Å². The Bertz CT molecular complexity index is 281. The molecule has 0 aliphatic carbocycles. The van der Waals surface area contributed by atoms with Crippen LogP contribution >= 0.6 is 0 Å². The SMILES string of the molecule is CCCCC(C(=O)OC)N1CCNC(=O)C1C. The molecule has 5 heteroatoms. The van der Waals surface area contributed by atoms with E-state index >= 15 is 0 Å². The fourth-order valence-corrected chi connectivity index (χ4v) is 2.18. The number of hydrogen-bond donors (Lipinski definition) is 1. The lowest BCUT2D eigenvalue weighted by molar-refractivity contribution is -0.150. The van der Waals surface area contributed by atoms with Gasteiger partial charge < -0.3 is 10.1 Å². The third-order valence-electron chi connectivity index (χ3n) is 3.25. The van der Waals surface area contributed by atoms with Crippen LogP contribution in [0.3, 0.4) is 0 Å². The first-order chi connectivity index (χ1) is 8.11. The highest BCUT2D eigenvalue weighted by molar-refractivity contribution is 5.83. The zero-order valence-electron chi connectivity index (χ0n) is 10.9. The monoisotopic (exact) mass is 242 g/mol. The van der Waals surface area contributed by atoms with Crippen LogP contribution in [0.5, 0.6) is 0 Å². The number of esters is 1. The summed E-state index contributed by atoms with van der Waals surface area (Å²) >= 11 is 0. The molecule has 1 fully saturated rings. The van der Waals surface area contributed by atoms with Crippen molar-refractivity contribution < 1.29 is 14.3 Å². The van der Waals surface area contributed by atoms with E-state index in [0.29, 0.717) is 13.1 Å². The predicted octanol–water partition coefficient (Wildman–Crippen LogP) is 0.539. The van der Waals surface area contributed by atoms with Gasteiger partial charge in [-0.1, -0.05) is 19.8 Å². The average molecular weight is 242 g/mol. The van der Waals surface area contributed by atoms with E-state index in [1.54, 1.807) is 0 Å². The lowest BCUT2D eigenvalue weighted by Crippen LogP contribution is -2.59. The summed E-state index contributed by atoms with van der Waals surface area (Å²) in [6.07, 6.45) is 2.74. The number of carbonyl (C=O) groups is 2. The van der Waals surface area contributed by atoms with E-state index in [-0.39, 0.29) is 24.0 Å². The van der Waals surface area contributed by atoms with E-state index in [0.717, 1.165) is 19.3 Å². The van der Waals surface area contributed by atoms with Crippen LogP contribution in [-0.2, 0) is 14.3 Å². The molecule has 0 radical (unpaired) electrons. The number of nitrogens with one attached hydrogen (secondary N) is 1. The molecular weight excluding hydrogens is 220 g/mol. The average Bonchev–Trinajstić information content (AvgIpc) is 2.34. The minimum Gasteiger partial charge on any atom is -0.468 e. The van der Waals surface area contributed by atoms with Crippen molar-refractivity contribution >= 4 is 11.9 Å². The van der Waals surface area contributed by atoms with Crippen LogP contribution in [-0.4, -0.2) is 49.1 Å². The largest absolute Gasteiger partial charge is 0.468 e. The fraction of sp³-hybridized carbons (Fsp3) is 0.833. The molecule has 1 N–H and O–H groups in total. The Morgan fingerprint density at radius 1 is 1.65 bits per heavy atom. The van der Waals surface area contributed by atoms with Crippen molar-refractivity contribution in [3.63, 3.8) is 0 Å². The van der Waals surface area contributed by atoms with E-state index in [1.807, 2.05) is 11.8 Å². The quantitative estimate of drug-likeness (QED) is 0.715. The van der Waals surface area contributed by atoms with Gasteiger partial charge in [0.2, 0.25) is 5.91 Å². The van der Waals surface area contributed by atoms with Crippen molar-refractivity contribution in [2.45, 2.75) is 45.2 Å². The van der Waals surface area contributed by atoms with Crippen molar-refractivity contribution in [1.29, 1.82) is 0 Å². The second-order valence-electron chi connectivity index (χ2n) is 4.39. The predicted molar refractivity (Wildman–Crippen MR) is 64.5 cm³/mol. The van der Waals surface area contributed by atoms with E-state index in [9.17, 15) is 9.59 Å². The van der Waals surface area contributed by atoms with Gasteiger partial charge in [-0.2, -0.15) is 0 Å². The molecule has 2 unspecified atom stereocenters. The number of hydrogen-bond acceptors (Lipinski definition) is 4. The first-order valence-electron chi connectivity index (χ1n) is 6.23. The molecule has 1 saturated heterocycles. The van der Waals surface area contributed by atoms with Gasteiger partial charge >= 0.3 is 5.97 Å². The molecule has 1 rings (SSSR count). The Hall–Kier alpha value is -1.10. The van der Waals surface area contributed by atoms with Crippen LogP contribution in [0.2, 0.25) is 0 Å². The molecule has 98 valence electrons. The molecular formula is C12H22N2O3. The van der Waals surface area contributed by atoms with Gasteiger partial charge in [0, 0.05) is 13.1 Å². The lowest BCUT2D eigenvalue weighted by atomic mass is 10.0. The number of methoxy groups -OCH3 is 1. The third-order valence-corrected chi connectivity index (χ3v) is 3.25. The van der Waals surface area contributed by atoms with E-state index in [4.69, 9.17) is 4.74 Å². The van der Waals surface area contributed by atoms with Gasteiger partial charge in [0.05, 0.1) is 13.2 Å². The molecule has 0 spiro atoms. The second kappa shape index (κ2) is 6.59. The Kier molecular flexibility index (Phi) is 5.41. The zero-order chi connectivity index (χ0) is 12.8. The molecule has 1 heterocycles. The molecule has 0 bridgehead atoms. The minimum atomic E-state index is -0.291. The third kappa shape index (κ3) is 3.43. The highest BCUT2D eigenvalue weighted by atomic mass is 16.5. The fourth-order valence-electron chi connectivity index (χ4n) is 2.18. The number of unbranched alkanes of at least 4 members (excludes halogenated alkanes) is 1. The summed E-state index contributed by atoms with van der Waals surface area (Å²) in [6, 6.07) is -0.550. The highest BCUT2D eigenvalue weighted by Gasteiger charge is 2.35. The van der Waals surface area contributed by atoms with E-state index < -0.39 is 0 Å². The molecule has 0 saturated carbocycles. The molecule has 0 aromatic rings. The van der Waals surface area contributed by atoms with Crippen molar-refractivity contribution in [2.24, 2.45) is 0 Å². The molecule has 5 nitrogen and oxygen atoms in total. The maximum atomic E-state index is 11.8. The molecule has 2 atom stereocenters. The van der Waals surface area contributed by atoms with Gasteiger partial charge in [0.1, 0.15) is 6.04 Å². The van der Waals surface area contributed by atoms with Gasteiger partial charge in [0.25, 0.3) is 0 Å². The second-order valence-corrected chi connectivity index (χ2v) is 4.39. The van der Waals surface area contributed by atoms with E-state index in [1.165, 1.54) is 7.11 Å². The Balaban J connectivity index is 2.73. The van der Waals surface area contributed by atoms with Gasteiger partial charge in [-0.3, -0.25) is 14.5 Å². The number of rotatable bonds is 5. The van der Waals surface area contributed by atoms with Gasteiger partial charge in [-0.25, -0.2) is 0 Å². The van der Waals surface area contributed by atoms with Gasteiger partial charge in [-0.05, 0) is 13.3 Å².